The molecular weight excluding hydrogens is 276 g/mol. The van der Waals surface area contributed by atoms with Gasteiger partial charge < -0.3 is 4.74 Å². The van der Waals surface area contributed by atoms with Crippen molar-refractivity contribution in [3.05, 3.63) is 17.5 Å². The highest BCUT2D eigenvalue weighted by Crippen LogP contribution is 2.33. The molecule has 0 aliphatic carbocycles. The van der Waals surface area contributed by atoms with Gasteiger partial charge in [0, 0.05) is 0 Å². The van der Waals surface area contributed by atoms with Gasteiger partial charge in [0.2, 0.25) is 0 Å². The first-order valence-corrected chi connectivity index (χ1v) is 7.40. The third-order valence-electron chi connectivity index (χ3n) is 1.95. The molecule has 0 aromatic carbocycles. The highest BCUT2D eigenvalue weighted by atomic mass is 32.2. The highest BCUT2D eigenvalue weighted by Gasteiger charge is 2.17. The van der Waals surface area contributed by atoms with Gasteiger partial charge in [-0.25, -0.2) is 0 Å². The first-order chi connectivity index (χ1) is 8.20. The molecule has 2 aromatic rings. The maximum absolute atomic E-state index is 11.3. The number of methoxy groups -OCH3 is 1. The molecule has 0 bridgehead atoms. The average molecular weight is 286 g/mol. The van der Waals surface area contributed by atoms with Crippen LogP contribution in [0.15, 0.2) is 21.9 Å². The van der Waals surface area contributed by atoms with E-state index in [-0.39, 0.29) is 11.2 Å². The van der Waals surface area contributed by atoms with Crippen LogP contribution in [-0.4, -0.2) is 28.5 Å². The zero-order valence-electron chi connectivity index (χ0n) is 9.25. The monoisotopic (exact) mass is 286 g/mol. The summed E-state index contributed by atoms with van der Waals surface area (Å²) in [5, 5.41) is 10.8. The van der Waals surface area contributed by atoms with E-state index in [1.54, 1.807) is 18.3 Å². The Balaban J connectivity index is 2.06. The van der Waals surface area contributed by atoms with Gasteiger partial charge in [0.15, 0.2) is 9.35 Å². The Kier molecular flexibility index (Phi) is 4.14. The number of thioether (sulfide) groups is 1. The lowest BCUT2D eigenvalue weighted by Gasteiger charge is -2.04. The quantitative estimate of drug-likeness (QED) is 0.639. The second kappa shape index (κ2) is 5.61. The minimum absolute atomic E-state index is 0.247. The topological polar surface area (TPSA) is 52.1 Å². The first-order valence-electron chi connectivity index (χ1n) is 4.82. The summed E-state index contributed by atoms with van der Waals surface area (Å²) in [4.78, 5) is 12.4. The molecule has 0 N–H and O–H groups in total. The van der Waals surface area contributed by atoms with E-state index in [2.05, 4.69) is 14.9 Å². The summed E-state index contributed by atoms with van der Waals surface area (Å²) in [7, 11) is 1.39. The maximum atomic E-state index is 11.3. The van der Waals surface area contributed by atoms with Crippen LogP contribution in [0.4, 0.5) is 0 Å². The fourth-order valence-corrected chi connectivity index (χ4v) is 3.94. The number of carbonyl (C=O) groups is 1. The van der Waals surface area contributed by atoms with E-state index in [1.807, 2.05) is 17.5 Å². The van der Waals surface area contributed by atoms with Crippen molar-refractivity contribution in [1.29, 1.82) is 0 Å². The normalized spacial score (nSPS) is 12.4. The Morgan fingerprint density at radius 1 is 1.53 bits per heavy atom. The number of aromatic nitrogens is 2. The van der Waals surface area contributed by atoms with E-state index < -0.39 is 0 Å². The molecule has 1 unspecified atom stereocenters. The van der Waals surface area contributed by atoms with Gasteiger partial charge in [0.25, 0.3) is 0 Å². The van der Waals surface area contributed by atoms with Gasteiger partial charge in [0.1, 0.15) is 5.25 Å². The van der Waals surface area contributed by atoms with Crippen molar-refractivity contribution in [3.63, 3.8) is 0 Å². The van der Waals surface area contributed by atoms with E-state index in [0.29, 0.717) is 0 Å². The van der Waals surface area contributed by atoms with Crippen LogP contribution in [-0.2, 0) is 9.53 Å². The average Bonchev–Trinajstić information content (AvgIpc) is 2.97. The molecule has 2 aromatic heterocycles. The zero-order valence-corrected chi connectivity index (χ0v) is 11.7. The van der Waals surface area contributed by atoms with E-state index in [9.17, 15) is 4.79 Å². The lowest BCUT2D eigenvalue weighted by atomic mass is 10.5. The molecule has 2 rings (SSSR count). The number of esters is 1. The van der Waals surface area contributed by atoms with E-state index >= 15 is 0 Å². The van der Waals surface area contributed by atoms with Crippen LogP contribution in [0.5, 0.6) is 0 Å². The van der Waals surface area contributed by atoms with Gasteiger partial charge in [-0.05, 0) is 18.4 Å². The van der Waals surface area contributed by atoms with Crippen molar-refractivity contribution in [2.45, 2.75) is 16.5 Å². The molecule has 4 nitrogen and oxygen atoms in total. The van der Waals surface area contributed by atoms with Crippen molar-refractivity contribution < 1.29 is 9.53 Å². The van der Waals surface area contributed by atoms with Gasteiger partial charge >= 0.3 is 5.97 Å². The molecule has 0 amide bonds. The molecule has 2 heterocycles. The molecule has 90 valence electrons. The number of hydrogen-bond donors (Lipinski definition) is 0. The third kappa shape index (κ3) is 3.05. The van der Waals surface area contributed by atoms with Crippen molar-refractivity contribution in [2.24, 2.45) is 0 Å². The van der Waals surface area contributed by atoms with Crippen molar-refractivity contribution >= 4 is 40.4 Å². The molecule has 17 heavy (non-hydrogen) atoms. The molecule has 1 atom stereocenters. The van der Waals surface area contributed by atoms with Crippen LogP contribution in [0.1, 0.15) is 6.92 Å². The second-order valence-corrected chi connectivity index (χ2v) is 6.65. The predicted molar refractivity (Wildman–Crippen MR) is 70.6 cm³/mol. The number of hydrogen-bond acceptors (Lipinski definition) is 7. The lowest BCUT2D eigenvalue weighted by molar-refractivity contribution is -0.139. The van der Waals surface area contributed by atoms with Crippen LogP contribution < -0.4 is 0 Å². The fraction of sp³-hybridized carbons (Fsp3) is 0.300. The van der Waals surface area contributed by atoms with Crippen molar-refractivity contribution in [3.8, 4) is 9.88 Å². The molecule has 0 aliphatic rings. The summed E-state index contributed by atoms with van der Waals surface area (Å²) >= 11 is 4.49. The molecular formula is C10H10N2O2S3. The molecule has 0 saturated heterocycles. The Bertz CT molecular complexity index is 495. The summed E-state index contributed by atoms with van der Waals surface area (Å²) in [6.45, 7) is 1.79. The van der Waals surface area contributed by atoms with E-state index in [4.69, 9.17) is 0 Å². The first kappa shape index (κ1) is 12.5. The van der Waals surface area contributed by atoms with Crippen LogP contribution in [0.2, 0.25) is 0 Å². The SMILES string of the molecule is COC(=O)C(C)Sc1nnc(-c2cccs2)s1. The van der Waals surface area contributed by atoms with Gasteiger partial charge in [0.05, 0.1) is 12.0 Å². The van der Waals surface area contributed by atoms with Gasteiger partial charge in [-0.2, -0.15) is 0 Å². The van der Waals surface area contributed by atoms with Crippen LogP contribution >= 0.6 is 34.4 Å². The van der Waals surface area contributed by atoms with E-state index in [1.165, 1.54) is 30.2 Å². The van der Waals surface area contributed by atoms with Crippen molar-refractivity contribution in [2.75, 3.05) is 7.11 Å². The van der Waals surface area contributed by atoms with Gasteiger partial charge in [-0.1, -0.05) is 29.2 Å². The number of carbonyl (C=O) groups excluding carboxylic acids is 1. The number of nitrogens with zero attached hydrogens (tertiary/aromatic N) is 2. The highest BCUT2D eigenvalue weighted by molar-refractivity contribution is 8.02. The Hall–Kier alpha value is -0.920. The zero-order chi connectivity index (χ0) is 12.3. The second-order valence-electron chi connectivity index (χ2n) is 3.13. The largest absolute Gasteiger partial charge is 0.468 e. The summed E-state index contributed by atoms with van der Waals surface area (Å²) < 4.78 is 5.45. The number of thiophene rings is 1. The Morgan fingerprint density at radius 3 is 3.00 bits per heavy atom. The molecule has 0 aliphatic heterocycles. The lowest BCUT2D eigenvalue weighted by Crippen LogP contribution is -2.14. The molecule has 0 fully saturated rings. The van der Waals surface area contributed by atoms with Crippen LogP contribution in [0.3, 0.4) is 0 Å². The number of rotatable bonds is 4. The predicted octanol–water partition coefficient (Wildman–Crippen LogP) is 2.92. The molecule has 7 heteroatoms. The Labute approximate surface area is 111 Å². The standard InChI is InChI=1S/C10H10N2O2S3/c1-6(9(13)14-2)16-10-12-11-8(17-10)7-4-3-5-15-7/h3-6H,1-2H3. The van der Waals surface area contributed by atoms with Gasteiger partial charge in [-0.3, -0.25) is 4.79 Å². The minimum atomic E-state index is -0.260. The molecule has 0 radical (unpaired) electrons. The smallest absolute Gasteiger partial charge is 0.318 e. The van der Waals surface area contributed by atoms with Crippen molar-refractivity contribution in [1.82, 2.24) is 10.2 Å². The summed E-state index contributed by atoms with van der Waals surface area (Å²) in [6, 6.07) is 3.98. The van der Waals surface area contributed by atoms with Crippen LogP contribution in [0.25, 0.3) is 9.88 Å². The fourth-order valence-electron chi connectivity index (χ4n) is 1.12. The van der Waals surface area contributed by atoms with E-state index in [0.717, 1.165) is 14.2 Å². The molecule has 0 saturated carbocycles. The van der Waals surface area contributed by atoms with Gasteiger partial charge in [-0.15, -0.1) is 21.5 Å². The Morgan fingerprint density at radius 2 is 2.35 bits per heavy atom. The molecule has 0 spiro atoms. The number of ether oxygens (including phenoxy) is 1. The minimum Gasteiger partial charge on any atom is -0.468 e. The third-order valence-corrected chi connectivity index (χ3v) is 5.07. The summed E-state index contributed by atoms with van der Waals surface area (Å²) in [5.74, 6) is -0.247. The summed E-state index contributed by atoms with van der Waals surface area (Å²) in [5.41, 5.74) is 0. The maximum Gasteiger partial charge on any atom is 0.318 e. The summed E-state index contributed by atoms with van der Waals surface area (Å²) in [6.07, 6.45) is 0. The van der Waals surface area contributed by atoms with Crippen LogP contribution in [0, 0.1) is 0 Å².